The van der Waals surface area contributed by atoms with E-state index in [0.29, 0.717) is 6.54 Å². The lowest BCUT2D eigenvalue weighted by Crippen LogP contribution is -2.46. The zero-order chi connectivity index (χ0) is 11.7. The summed E-state index contributed by atoms with van der Waals surface area (Å²) in [7, 11) is 0. The number of rotatable bonds is 0. The molecule has 0 N–H and O–H groups in total. The summed E-state index contributed by atoms with van der Waals surface area (Å²) in [5.41, 5.74) is -1.20. The van der Waals surface area contributed by atoms with E-state index in [1.807, 2.05) is 20.8 Å². The molecule has 0 aromatic heterocycles. The molecular weight excluding hydrogens is 192 g/mol. The number of ether oxygens (including phenoxy) is 1. The van der Waals surface area contributed by atoms with Crippen molar-refractivity contribution in [2.45, 2.75) is 51.7 Å². The Morgan fingerprint density at radius 1 is 1.53 bits per heavy atom. The number of carbonyl (C=O) groups is 1. The van der Waals surface area contributed by atoms with Gasteiger partial charge in [-0.15, -0.1) is 0 Å². The molecule has 1 saturated heterocycles. The predicted octanol–water partition coefficient (Wildman–Crippen LogP) is 2.30. The second-order valence-corrected chi connectivity index (χ2v) is 5.12. The molecule has 1 amide bonds. The molecule has 0 radical (unpaired) electrons. The molecule has 1 heterocycles. The molecule has 1 rings (SSSR count). The number of hydrogen-bond donors (Lipinski definition) is 0. The summed E-state index contributed by atoms with van der Waals surface area (Å²) < 4.78 is 5.25. The highest BCUT2D eigenvalue weighted by Crippen LogP contribution is 2.29. The molecule has 0 saturated carbocycles. The summed E-state index contributed by atoms with van der Waals surface area (Å²) in [6, 6.07) is 2.18. The van der Waals surface area contributed by atoms with E-state index in [1.54, 1.807) is 6.92 Å². The van der Waals surface area contributed by atoms with Gasteiger partial charge < -0.3 is 4.74 Å². The minimum Gasteiger partial charge on any atom is -0.444 e. The van der Waals surface area contributed by atoms with Gasteiger partial charge >= 0.3 is 6.09 Å². The van der Waals surface area contributed by atoms with Crippen LogP contribution in [0, 0.1) is 11.3 Å². The Labute approximate surface area is 90.8 Å². The monoisotopic (exact) mass is 210 g/mol. The molecule has 4 nitrogen and oxygen atoms in total. The SMILES string of the molecule is CC(C)(C)OC(=O)N1CCCC1(C)C#N. The van der Waals surface area contributed by atoms with Crippen LogP contribution in [0.1, 0.15) is 40.5 Å². The van der Waals surface area contributed by atoms with Gasteiger partial charge in [-0.1, -0.05) is 0 Å². The number of nitrogens with zero attached hydrogens (tertiary/aromatic N) is 2. The molecule has 0 aromatic carbocycles. The lowest BCUT2D eigenvalue weighted by Gasteiger charge is -2.31. The maximum Gasteiger partial charge on any atom is 0.411 e. The van der Waals surface area contributed by atoms with E-state index in [0.717, 1.165) is 12.8 Å². The molecule has 1 aliphatic rings. The van der Waals surface area contributed by atoms with Crippen molar-refractivity contribution in [2.24, 2.45) is 0 Å². The van der Waals surface area contributed by atoms with Crippen LogP contribution < -0.4 is 0 Å². The number of hydrogen-bond acceptors (Lipinski definition) is 3. The molecule has 0 aromatic rings. The maximum atomic E-state index is 11.8. The van der Waals surface area contributed by atoms with Crippen molar-refractivity contribution in [1.82, 2.24) is 4.90 Å². The molecule has 0 bridgehead atoms. The van der Waals surface area contributed by atoms with Crippen LogP contribution in [0.5, 0.6) is 0 Å². The topological polar surface area (TPSA) is 53.3 Å². The van der Waals surface area contributed by atoms with Gasteiger partial charge in [0.1, 0.15) is 11.1 Å². The van der Waals surface area contributed by atoms with Gasteiger partial charge in [-0.05, 0) is 40.5 Å². The molecule has 1 atom stereocenters. The van der Waals surface area contributed by atoms with E-state index < -0.39 is 11.1 Å². The fourth-order valence-corrected chi connectivity index (χ4v) is 1.69. The van der Waals surface area contributed by atoms with Crippen molar-refractivity contribution in [3.63, 3.8) is 0 Å². The van der Waals surface area contributed by atoms with Crippen LogP contribution in [0.25, 0.3) is 0 Å². The van der Waals surface area contributed by atoms with Crippen molar-refractivity contribution >= 4 is 6.09 Å². The van der Waals surface area contributed by atoms with Gasteiger partial charge in [-0.25, -0.2) is 4.79 Å². The summed E-state index contributed by atoms with van der Waals surface area (Å²) >= 11 is 0. The molecular formula is C11H18N2O2. The zero-order valence-corrected chi connectivity index (χ0v) is 9.83. The third kappa shape index (κ3) is 2.62. The molecule has 0 spiro atoms. The summed E-state index contributed by atoms with van der Waals surface area (Å²) in [5, 5.41) is 9.04. The molecule has 0 aliphatic carbocycles. The highest BCUT2D eigenvalue weighted by atomic mass is 16.6. The van der Waals surface area contributed by atoms with Crippen LogP contribution in [0.4, 0.5) is 4.79 Å². The van der Waals surface area contributed by atoms with E-state index in [-0.39, 0.29) is 6.09 Å². The lowest BCUT2D eigenvalue weighted by atomic mass is 10.0. The van der Waals surface area contributed by atoms with Crippen molar-refractivity contribution in [3.05, 3.63) is 0 Å². The Morgan fingerprint density at radius 2 is 2.13 bits per heavy atom. The molecule has 15 heavy (non-hydrogen) atoms. The highest BCUT2D eigenvalue weighted by molar-refractivity contribution is 5.70. The fourth-order valence-electron chi connectivity index (χ4n) is 1.69. The normalized spacial score (nSPS) is 26.2. The molecule has 4 heteroatoms. The second-order valence-electron chi connectivity index (χ2n) is 5.12. The van der Waals surface area contributed by atoms with Crippen LogP contribution >= 0.6 is 0 Å². The summed E-state index contributed by atoms with van der Waals surface area (Å²) in [6.07, 6.45) is 1.20. The van der Waals surface area contributed by atoms with Crippen LogP contribution in [0.15, 0.2) is 0 Å². The zero-order valence-electron chi connectivity index (χ0n) is 9.83. The first kappa shape index (κ1) is 11.8. The molecule has 1 unspecified atom stereocenters. The number of amides is 1. The van der Waals surface area contributed by atoms with E-state index >= 15 is 0 Å². The van der Waals surface area contributed by atoms with Crippen molar-refractivity contribution in [3.8, 4) is 6.07 Å². The maximum absolute atomic E-state index is 11.8. The van der Waals surface area contributed by atoms with E-state index in [1.165, 1.54) is 4.90 Å². The minimum atomic E-state index is -0.692. The Morgan fingerprint density at radius 3 is 2.60 bits per heavy atom. The van der Waals surface area contributed by atoms with Gasteiger partial charge in [-0.3, -0.25) is 4.90 Å². The van der Waals surface area contributed by atoms with Gasteiger partial charge in [0.2, 0.25) is 0 Å². The average molecular weight is 210 g/mol. The Bertz CT molecular complexity index is 301. The van der Waals surface area contributed by atoms with Crippen LogP contribution in [0.3, 0.4) is 0 Å². The first-order valence-electron chi connectivity index (χ1n) is 5.20. The first-order valence-corrected chi connectivity index (χ1v) is 5.20. The number of nitriles is 1. The predicted molar refractivity (Wildman–Crippen MR) is 56.2 cm³/mol. The van der Waals surface area contributed by atoms with Gasteiger partial charge in [-0.2, -0.15) is 5.26 Å². The van der Waals surface area contributed by atoms with Gasteiger partial charge in [0, 0.05) is 6.54 Å². The van der Waals surface area contributed by atoms with Gasteiger partial charge in [0.15, 0.2) is 0 Å². The Kier molecular flexibility index (Phi) is 2.94. The quantitative estimate of drug-likeness (QED) is 0.616. The van der Waals surface area contributed by atoms with Gasteiger partial charge in [0.05, 0.1) is 6.07 Å². The Hall–Kier alpha value is -1.24. The lowest BCUT2D eigenvalue weighted by molar-refractivity contribution is 0.0177. The minimum absolute atomic E-state index is 0.385. The van der Waals surface area contributed by atoms with Crippen LogP contribution in [0.2, 0.25) is 0 Å². The van der Waals surface area contributed by atoms with Crippen molar-refractivity contribution < 1.29 is 9.53 Å². The molecule has 1 aliphatic heterocycles. The van der Waals surface area contributed by atoms with E-state index in [4.69, 9.17) is 10.00 Å². The summed E-state index contributed by atoms with van der Waals surface area (Å²) in [4.78, 5) is 13.3. The highest BCUT2D eigenvalue weighted by Gasteiger charge is 2.41. The second kappa shape index (κ2) is 3.73. The van der Waals surface area contributed by atoms with Crippen LogP contribution in [-0.4, -0.2) is 28.7 Å². The van der Waals surface area contributed by atoms with Crippen LogP contribution in [-0.2, 0) is 4.74 Å². The number of carbonyl (C=O) groups excluding carboxylic acids is 1. The van der Waals surface area contributed by atoms with Crippen molar-refractivity contribution in [1.29, 1.82) is 5.26 Å². The summed E-state index contributed by atoms with van der Waals surface area (Å²) in [5.74, 6) is 0. The van der Waals surface area contributed by atoms with Crippen molar-refractivity contribution in [2.75, 3.05) is 6.54 Å². The third-order valence-electron chi connectivity index (χ3n) is 2.50. The van der Waals surface area contributed by atoms with E-state index in [2.05, 4.69) is 6.07 Å². The van der Waals surface area contributed by atoms with E-state index in [9.17, 15) is 4.79 Å². The number of likely N-dealkylation sites (tertiary alicyclic amines) is 1. The molecule has 84 valence electrons. The largest absolute Gasteiger partial charge is 0.444 e. The average Bonchev–Trinajstić information content (AvgIpc) is 2.45. The standard InChI is InChI=1S/C11H18N2O2/c1-10(2,3)15-9(14)13-7-5-6-11(13,4)8-12/h5-7H2,1-4H3. The first-order chi connectivity index (χ1) is 6.78. The third-order valence-corrected chi connectivity index (χ3v) is 2.50. The molecule has 1 fully saturated rings. The smallest absolute Gasteiger partial charge is 0.411 e. The Balaban J connectivity index is 2.73. The summed E-state index contributed by atoms with van der Waals surface area (Å²) in [6.45, 7) is 7.86. The fraction of sp³-hybridized carbons (Fsp3) is 0.818. The van der Waals surface area contributed by atoms with Gasteiger partial charge in [0.25, 0.3) is 0 Å².